The molecule has 0 unspecified atom stereocenters. The van der Waals surface area contributed by atoms with Crippen LogP contribution in [0.4, 0.5) is 0 Å². The first kappa shape index (κ1) is 15.7. The molecule has 1 aromatic rings. The average Bonchev–Trinajstić information content (AvgIpc) is 2.36. The fourth-order valence-electron chi connectivity index (χ4n) is 1.86. The van der Waals surface area contributed by atoms with Gasteiger partial charge in [0, 0.05) is 30.8 Å². The number of benzene rings is 1. The van der Waals surface area contributed by atoms with Gasteiger partial charge >= 0.3 is 0 Å². The van der Waals surface area contributed by atoms with E-state index in [-0.39, 0.29) is 5.78 Å². The number of ketones is 1. The Morgan fingerprint density at radius 1 is 1.21 bits per heavy atom. The van der Waals surface area contributed by atoms with Crippen molar-refractivity contribution in [3.05, 3.63) is 29.3 Å². The predicted octanol–water partition coefficient (Wildman–Crippen LogP) is 1.89. The zero-order valence-electron chi connectivity index (χ0n) is 12.6. The zero-order chi connectivity index (χ0) is 14.4. The number of methoxy groups -OCH3 is 1. The van der Waals surface area contributed by atoms with Gasteiger partial charge in [0.15, 0.2) is 5.78 Å². The molecule has 0 aliphatic carbocycles. The number of carbonyl (C=O) groups excluding carboxylic acids is 1. The van der Waals surface area contributed by atoms with Crippen molar-refractivity contribution in [3.63, 3.8) is 0 Å². The number of hydrogen-bond acceptors (Lipinski definition) is 4. The quantitative estimate of drug-likeness (QED) is 0.704. The normalized spacial score (nSPS) is 11.1. The van der Waals surface area contributed by atoms with Gasteiger partial charge in [-0.15, -0.1) is 0 Å². The maximum atomic E-state index is 11.4. The van der Waals surface area contributed by atoms with Gasteiger partial charge in [-0.3, -0.25) is 4.79 Å². The topological polar surface area (TPSA) is 32.8 Å². The highest BCUT2D eigenvalue weighted by Gasteiger charge is 2.09. The summed E-state index contributed by atoms with van der Waals surface area (Å²) in [5.41, 5.74) is 1.79. The Morgan fingerprint density at radius 2 is 1.89 bits per heavy atom. The highest BCUT2D eigenvalue weighted by atomic mass is 16.5. The van der Waals surface area contributed by atoms with Crippen LogP contribution < -0.4 is 4.74 Å². The van der Waals surface area contributed by atoms with E-state index in [1.165, 1.54) is 0 Å². The van der Waals surface area contributed by atoms with Crippen LogP contribution >= 0.6 is 0 Å². The fourth-order valence-corrected chi connectivity index (χ4v) is 1.86. The van der Waals surface area contributed by atoms with Crippen LogP contribution in [0.5, 0.6) is 5.75 Å². The molecule has 0 aliphatic heterocycles. The van der Waals surface area contributed by atoms with Crippen LogP contribution in [-0.2, 0) is 6.54 Å². The van der Waals surface area contributed by atoms with Crippen LogP contribution in [0.2, 0.25) is 0 Å². The second kappa shape index (κ2) is 7.26. The van der Waals surface area contributed by atoms with Gasteiger partial charge in [0.05, 0.1) is 7.11 Å². The molecular weight excluding hydrogens is 240 g/mol. The minimum absolute atomic E-state index is 0.0832. The van der Waals surface area contributed by atoms with Crippen LogP contribution in [0.15, 0.2) is 18.2 Å². The van der Waals surface area contributed by atoms with Crippen molar-refractivity contribution in [1.82, 2.24) is 9.80 Å². The van der Waals surface area contributed by atoms with Crippen molar-refractivity contribution in [3.8, 4) is 5.75 Å². The molecule has 0 amide bonds. The molecule has 0 aliphatic rings. The third kappa shape index (κ3) is 5.01. The van der Waals surface area contributed by atoms with E-state index in [1.807, 2.05) is 18.2 Å². The predicted molar refractivity (Wildman–Crippen MR) is 77.9 cm³/mol. The Balaban J connectivity index is 2.79. The lowest BCUT2D eigenvalue weighted by molar-refractivity contribution is 0.101. The van der Waals surface area contributed by atoms with Crippen molar-refractivity contribution in [2.75, 3.05) is 41.3 Å². The van der Waals surface area contributed by atoms with Crippen LogP contribution in [-0.4, -0.2) is 56.9 Å². The Hall–Kier alpha value is -1.39. The standard InChI is InChI=1S/C15H24N2O2/c1-12(18)13-6-7-15(19-5)14(10-13)11-17(4)9-8-16(2)3/h6-7,10H,8-9,11H2,1-5H3. The highest BCUT2D eigenvalue weighted by Crippen LogP contribution is 2.21. The molecule has 19 heavy (non-hydrogen) atoms. The molecule has 4 heteroatoms. The number of carbonyl (C=O) groups is 1. The number of hydrogen-bond donors (Lipinski definition) is 0. The van der Waals surface area contributed by atoms with Crippen LogP contribution in [0.3, 0.4) is 0 Å². The van der Waals surface area contributed by atoms with E-state index in [4.69, 9.17) is 4.74 Å². The largest absolute Gasteiger partial charge is 0.496 e. The number of ether oxygens (including phenoxy) is 1. The first-order chi connectivity index (χ1) is 8.93. The molecule has 0 radical (unpaired) electrons. The summed E-state index contributed by atoms with van der Waals surface area (Å²) in [5, 5.41) is 0. The van der Waals surface area contributed by atoms with Gasteiger partial charge in [0.2, 0.25) is 0 Å². The molecule has 0 aromatic heterocycles. The summed E-state index contributed by atoms with van der Waals surface area (Å²) < 4.78 is 5.36. The van der Waals surface area contributed by atoms with Crippen LogP contribution in [0.25, 0.3) is 0 Å². The Morgan fingerprint density at radius 3 is 2.42 bits per heavy atom. The third-order valence-corrected chi connectivity index (χ3v) is 3.06. The molecule has 4 nitrogen and oxygen atoms in total. The fraction of sp³-hybridized carbons (Fsp3) is 0.533. The minimum Gasteiger partial charge on any atom is -0.496 e. The first-order valence-corrected chi connectivity index (χ1v) is 6.45. The molecule has 0 saturated heterocycles. The second-order valence-corrected chi connectivity index (χ2v) is 5.12. The van der Waals surface area contributed by atoms with E-state index < -0.39 is 0 Å². The number of nitrogens with zero attached hydrogens (tertiary/aromatic N) is 2. The van der Waals surface area contributed by atoms with Crippen molar-refractivity contribution in [2.45, 2.75) is 13.5 Å². The SMILES string of the molecule is COc1ccc(C(C)=O)cc1CN(C)CCN(C)C. The van der Waals surface area contributed by atoms with E-state index in [9.17, 15) is 4.79 Å². The van der Waals surface area contributed by atoms with Gasteiger partial charge in [-0.05, 0) is 46.3 Å². The number of rotatable bonds is 7. The van der Waals surface area contributed by atoms with Crippen LogP contribution in [0.1, 0.15) is 22.8 Å². The molecule has 0 fully saturated rings. The summed E-state index contributed by atoms with van der Waals surface area (Å²) in [5.74, 6) is 0.918. The van der Waals surface area contributed by atoms with Gasteiger partial charge in [-0.2, -0.15) is 0 Å². The molecular formula is C15H24N2O2. The monoisotopic (exact) mass is 264 g/mol. The summed E-state index contributed by atoms with van der Waals surface area (Å²) in [7, 11) is 7.85. The minimum atomic E-state index is 0.0832. The summed E-state index contributed by atoms with van der Waals surface area (Å²) in [6.07, 6.45) is 0. The molecule has 0 atom stereocenters. The second-order valence-electron chi connectivity index (χ2n) is 5.12. The molecule has 0 saturated carbocycles. The number of likely N-dealkylation sites (N-methyl/N-ethyl adjacent to an activating group) is 2. The molecule has 0 N–H and O–H groups in total. The summed E-state index contributed by atoms with van der Waals surface area (Å²) in [6.45, 7) is 4.34. The lowest BCUT2D eigenvalue weighted by Crippen LogP contribution is -2.28. The summed E-state index contributed by atoms with van der Waals surface area (Å²) >= 11 is 0. The molecule has 1 rings (SSSR count). The average molecular weight is 264 g/mol. The van der Waals surface area contributed by atoms with E-state index in [2.05, 4.69) is 30.9 Å². The molecule has 0 spiro atoms. The van der Waals surface area contributed by atoms with Crippen LogP contribution in [0, 0.1) is 0 Å². The summed E-state index contributed by atoms with van der Waals surface area (Å²) in [6, 6.07) is 5.60. The lowest BCUT2D eigenvalue weighted by Gasteiger charge is -2.20. The smallest absolute Gasteiger partial charge is 0.159 e. The van der Waals surface area contributed by atoms with Crippen molar-refractivity contribution in [1.29, 1.82) is 0 Å². The van der Waals surface area contributed by atoms with Gasteiger partial charge in [0.25, 0.3) is 0 Å². The Labute approximate surface area is 116 Å². The molecule has 106 valence electrons. The Kier molecular flexibility index (Phi) is 5.99. The van der Waals surface area contributed by atoms with Crippen molar-refractivity contribution < 1.29 is 9.53 Å². The Bertz CT molecular complexity index is 430. The maximum Gasteiger partial charge on any atom is 0.159 e. The van der Waals surface area contributed by atoms with E-state index in [0.29, 0.717) is 0 Å². The van der Waals surface area contributed by atoms with Gasteiger partial charge < -0.3 is 14.5 Å². The van der Waals surface area contributed by atoms with Gasteiger partial charge in [0.1, 0.15) is 5.75 Å². The van der Waals surface area contributed by atoms with Gasteiger partial charge in [-0.1, -0.05) is 0 Å². The molecule has 0 heterocycles. The zero-order valence-corrected chi connectivity index (χ0v) is 12.6. The van der Waals surface area contributed by atoms with Gasteiger partial charge in [-0.25, -0.2) is 0 Å². The van der Waals surface area contributed by atoms with Crippen molar-refractivity contribution in [2.24, 2.45) is 0 Å². The number of Topliss-reactive ketones (excluding diaryl/α,β-unsaturated/α-hetero) is 1. The van der Waals surface area contributed by atoms with Crippen molar-refractivity contribution >= 4 is 5.78 Å². The van der Waals surface area contributed by atoms with E-state index in [0.717, 1.165) is 36.5 Å². The first-order valence-electron chi connectivity index (χ1n) is 6.45. The van der Waals surface area contributed by atoms with E-state index in [1.54, 1.807) is 14.0 Å². The maximum absolute atomic E-state index is 11.4. The van der Waals surface area contributed by atoms with E-state index >= 15 is 0 Å². The summed E-state index contributed by atoms with van der Waals surface area (Å²) in [4.78, 5) is 15.8. The highest BCUT2D eigenvalue weighted by molar-refractivity contribution is 5.94. The molecule has 1 aromatic carbocycles. The lowest BCUT2D eigenvalue weighted by atomic mass is 10.1. The molecule has 0 bridgehead atoms. The third-order valence-electron chi connectivity index (χ3n) is 3.06.